The van der Waals surface area contributed by atoms with Crippen molar-refractivity contribution in [2.24, 2.45) is 0 Å². The maximum atomic E-state index is 4.82. The van der Waals surface area contributed by atoms with E-state index in [0.29, 0.717) is 5.95 Å². The normalized spacial score (nSPS) is 16.2. The second-order valence-corrected chi connectivity index (χ2v) is 7.83. The number of pyridine rings is 1. The molecule has 29 heavy (non-hydrogen) atoms. The van der Waals surface area contributed by atoms with Gasteiger partial charge in [0.2, 0.25) is 5.95 Å². The topological polar surface area (TPSA) is 72.9 Å². The average Bonchev–Trinajstić information content (AvgIpc) is 3.31. The number of aromatic nitrogens is 6. The van der Waals surface area contributed by atoms with Gasteiger partial charge in [-0.2, -0.15) is 4.98 Å². The van der Waals surface area contributed by atoms with E-state index in [4.69, 9.17) is 4.98 Å². The van der Waals surface area contributed by atoms with Crippen LogP contribution in [0.2, 0.25) is 0 Å². The highest BCUT2D eigenvalue weighted by atomic mass is 15.4. The van der Waals surface area contributed by atoms with Gasteiger partial charge in [-0.3, -0.25) is 0 Å². The number of hydrogen-bond acceptors (Lipinski definition) is 5. The summed E-state index contributed by atoms with van der Waals surface area (Å²) in [5.41, 5.74) is 8.03. The molecule has 0 amide bonds. The lowest BCUT2D eigenvalue weighted by Gasteiger charge is -2.22. The number of fused-ring (bicyclic) bond motifs is 2. The molecule has 1 aliphatic carbocycles. The summed E-state index contributed by atoms with van der Waals surface area (Å²) in [6.45, 7) is 7.23. The quantitative estimate of drug-likeness (QED) is 0.579. The third-order valence-corrected chi connectivity index (χ3v) is 5.75. The summed E-state index contributed by atoms with van der Waals surface area (Å²) in [7, 11) is 0. The number of nitrogens with one attached hydrogen (secondary N) is 1. The summed E-state index contributed by atoms with van der Waals surface area (Å²) >= 11 is 0. The molecule has 0 radical (unpaired) electrons. The molecule has 0 saturated heterocycles. The molecule has 0 saturated carbocycles. The monoisotopic (exact) mass is 387 g/mol. The van der Waals surface area contributed by atoms with Crippen LogP contribution in [0.1, 0.15) is 35.9 Å². The number of anilines is 1. The van der Waals surface area contributed by atoms with E-state index in [-0.39, 0.29) is 6.04 Å². The van der Waals surface area contributed by atoms with Gasteiger partial charge in [0, 0.05) is 30.8 Å². The van der Waals surface area contributed by atoms with Gasteiger partial charge in [0.15, 0.2) is 5.65 Å². The zero-order chi connectivity index (χ0) is 20.0. The molecular weight excluding hydrogens is 362 g/mol. The summed E-state index contributed by atoms with van der Waals surface area (Å²) in [6.07, 6.45) is 4.82. The predicted octanol–water partition coefficient (Wildman–Crippen LogP) is 3.59. The fraction of sp³-hybridized carbons (Fsp3) is 0.364. The molecule has 0 fully saturated rings. The lowest BCUT2D eigenvalue weighted by Crippen LogP contribution is -2.28. The third kappa shape index (κ3) is 3.16. The molecule has 0 aliphatic heterocycles. The Balaban J connectivity index is 1.44. The Bertz CT molecular complexity index is 1190. The largest absolute Gasteiger partial charge is 0.350 e. The molecular formula is C22H25N7. The number of rotatable bonds is 4. The van der Waals surface area contributed by atoms with Crippen molar-refractivity contribution in [3.05, 3.63) is 59.0 Å². The Labute approximate surface area is 169 Å². The van der Waals surface area contributed by atoms with E-state index in [9.17, 15) is 0 Å². The van der Waals surface area contributed by atoms with Gasteiger partial charge in [-0.15, -0.1) is 10.2 Å². The molecule has 3 heterocycles. The Morgan fingerprint density at radius 2 is 2.07 bits per heavy atom. The lowest BCUT2D eigenvalue weighted by atomic mass is 9.96. The summed E-state index contributed by atoms with van der Waals surface area (Å²) in [5.74, 6) is 0.665. The van der Waals surface area contributed by atoms with Crippen molar-refractivity contribution >= 4 is 11.6 Å². The first-order valence-electron chi connectivity index (χ1n) is 10.2. The molecule has 0 spiro atoms. The molecule has 1 N–H and O–H groups in total. The molecule has 5 rings (SSSR count). The second-order valence-electron chi connectivity index (χ2n) is 7.83. The van der Waals surface area contributed by atoms with Crippen molar-refractivity contribution in [1.29, 1.82) is 0 Å². The molecule has 0 bridgehead atoms. The fourth-order valence-corrected chi connectivity index (χ4v) is 4.30. The standard InChI is InChI=1S/C22H25N7/c1-4-28-20-10-8-16(13-19(20)25-27-28)23-22-24-21-18(6-5-11-29(21)26-22)17-9-7-14(2)12-15(17)3/h5-7,9,11-12,16H,4,8,10,13H2,1-3H3,(H,23,26). The van der Waals surface area contributed by atoms with Gasteiger partial charge in [0.25, 0.3) is 0 Å². The maximum absolute atomic E-state index is 4.82. The van der Waals surface area contributed by atoms with Gasteiger partial charge in [-0.1, -0.05) is 29.0 Å². The molecule has 1 aromatic carbocycles. The van der Waals surface area contributed by atoms with Crippen molar-refractivity contribution in [2.75, 3.05) is 5.32 Å². The van der Waals surface area contributed by atoms with E-state index in [1.54, 1.807) is 0 Å². The van der Waals surface area contributed by atoms with E-state index in [0.717, 1.165) is 42.7 Å². The maximum Gasteiger partial charge on any atom is 0.243 e. The van der Waals surface area contributed by atoms with Gasteiger partial charge < -0.3 is 5.32 Å². The van der Waals surface area contributed by atoms with Crippen LogP contribution in [0.3, 0.4) is 0 Å². The van der Waals surface area contributed by atoms with Gasteiger partial charge in [-0.05, 0) is 56.9 Å². The first kappa shape index (κ1) is 17.8. The minimum Gasteiger partial charge on any atom is -0.350 e. The third-order valence-electron chi connectivity index (χ3n) is 5.75. The van der Waals surface area contributed by atoms with Crippen LogP contribution in [-0.4, -0.2) is 35.6 Å². The van der Waals surface area contributed by atoms with Crippen LogP contribution in [0.15, 0.2) is 36.5 Å². The number of hydrogen-bond donors (Lipinski definition) is 1. The van der Waals surface area contributed by atoms with Crippen LogP contribution in [0.5, 0.6) is 0 Å². The number of aryl methyl sites for hydroxylation is 3. The Hall–Kier alpha value is -3.22. The molecule has 3 aromatic heterocycles. The minimum atomic E-state index is 0.270. The second kappa shape index (κ2) is 6.99. The van der Waals surface area contributed by atoms with Gasteiger partial charge >= 0.3 is 0 Å². The summed E-state index contributed by atoms with van der Waals surface area (Å²) < 4.78 is 3.86. The van der Waals surface area contributed by atoms with Crippen molar-refractivity contribution in [3.63, 3.8) is 0 Å². The first-order chi connectivity index (χ1) is 14.1. The average molecular weight is 387 g/mol. The van der Waals surface area contributed by atoms with Crippen LogP contribution in [0.4, 0.5) is 5.95 Å². The highest BCUT2D eigenvalue weighted by Crippen LogP contribution is 2.28. The number of nitrogens with zero attached hydrogens (tertiary/aromatic N) is 6. The van der Waals surface area contributed by atoms with Crippen molar-refractivity contribution in [3.8, 4) is 11.1 Å². The van der Waals surface area contributed by atoms with Crippen LogP contribution < -0.4 is 5.32 Å². The van der Waals surface area contributed by atoms with E-state index in [1.165, 1.54) is 22.4 Å². The summed E-state index contributed by atoms with van der Waals surface area (Å²) in [4.78, 5) is 4.82. The molecule has 148 valence electrons. The molecule has 1 aliphatic rings. The fourth-order valence-electron chi connectivity index (χ4n) is 4.30. The van der Waals surface area contributed by atoms with Crippen molar-refractivity contribution in [2.45, 2.75) is 52.6 Å². The zero-order valence-electron chi connectivity index (χ0n) is 17.1. The van der Waals surface area contributed by atoms with Gasteiger partial charge in [0.05, 0.1) is 11.4 Å². The summed E-state index contributed by atoms with van der Waals surface area (Å²) in [6, 6.07) is 10.9. The molecule has 4 aromatic rings. The van der Waals surface area contributed by atoms with E-state index in [1.807, 2.05) is 21.5 Å². The highest BCUT2D eigenvalue weighted by Gasteiger charge is 2.24. The van der Waals surface area contributed by atoms with Crippen LogP contribution in [0.25, 0.3) is 16.8 Å². The number of benzene rings is 1. The Morgan fingerprint density at radius 1 is 1.17 bits per heavy atom. The SMILES string of the molecule is CCn1nnc2c1CCC(Nc1nc3c(-c4ccc(C)cc4C)cccn3n1)C2. The van der Waals surface area contributed by atoms with Crippen molar-refractivity contribution in [1.82, 2.24) is 29.6 Å². The first-order valence-corrected chi connectivity index (χ1v) is 10.2. The molecule has 1 atom stereocenters. The molecule has 7 nitrogen and oxygen atoms in total. The smallest absolute Gasteiger partial charge is 0.243 e. The minimum absolute atomic E-state index is 0.270. The van der Waals surface area contributed by atoms with E-state index in [2.05, 4.69) is 65.8 Å². The molecule has 1 unspecified atom stereocenters. The van der Waals surface area contributed by atoms with Gasteiger partial charge in [0.1, 0.15) is 0 Å². The Morgan fingerprint density at radius 3 is 2.90 bits per heavy atom. The zero-order valence-corrected chi connectivity index (χ0v) is 17.1. The van der Waals surface area contributed by atoms with E-state index >= 15 is 0 Å². The lowest BCUT2D eigenvalue weighted by molar-refractivity contribution is 0.551. The molecule has 7 heteroatoms. The summed E-state index contributed by atoms with van der Waals surface area (Å²) in [5, 5.41) is 16.8. The van der Waals surface area contributed by atoms with Crippen LogP contribution in [0, 0.1) is 13.8 Å². The highest BCUT2D eigenvalue weighted by molar-refractivity contribution is 5.80. The predicted molar refractivity (Wildman–Crippen MR) is 113 cm³/mol. The van der Waals surface area contributed by atoms with Crippen LogP contribution in [-0.2, 0) is 19.4 Å². The van der Waals surface area contributed by atoms with Gasteiger partial charge in [-0.25, -0.2) is 9.20 Å². The Kier molecular flexibility index (Phi) is 4.30. The van der Waals surface area contributed by atoms with Crippen LogP contribution >= 0.6 is 0 Å². The van der Waals surface area contributed by atoms with E-state index < -0.39 is 0 Å². The van der Waals surface area contributed by atoms with Crippen molar-refractivity contribution < 1.29 is 0 Å².